The van der Waals surface area contributed by atoms with Gasteiger partial charge in [-0.3, -0.25) is 9.59 Å². The van der Waals surface area contributed by atoms with Gasteiger partial charge in [0, 0.05) is 30.8 Å². The maximum Gasteiger partial charge on any atom is 0.274 e. The highest BCUT2D eigenvalue weighted by Crippen LogP contribution is 2.17. The van der Waals surface area contributed by atoms with Gasteiger partial charge in [-0.05, 0) is 30.3 Å². The van der Waals surface area contributed by atoms with E-state index in [9.17, 15) is 9.59 Å². The van der Waals surface area contributed by atoms with Crippen LogP contribution in [-0.2, 0) is 7.05 Å². The Kier molecular flexibility index (Phi) is 5.81. The number of benzene rings is 2. The fraction of sp³-hybridized carbons (Fsp3) is 0.348. The van der Waals surface area contributed by atoms with Crippen LogP contribution in [0.2, 0.25) is 0 Å². The van der Waals surface area contributed by atoms with Gasteiger partial charge in [0.2, 0.25) is 0 Å². The highest BCUT2D eigenvalue weighted by molar-refractivity contribution is 6.04. The molecule has 2 aromatic carbocycles. The van der Waals surface area contributed by atoms with Crippen molar-refractivity contribution in [3.8, 4) is 5.75 Å². The Labute approximate surface area is 175 Å². The second-order valence-corrected chi connectivity index (χ2v) is 7.72. The minimum absolute atomic E-state index is 0.154. The molecule has 3 aromatic rings. The lowest BCUT2D eigenvalue weighted by atomic mass is 10.0. The van der Waals surface area contributed by atoms with Crippen molar-refractivity contribution in [3.63, 3.8) is 0 Å². The van der Waals surface area contributed by atoms with Gasteiger partial charge in [0.05, 0.1) is 32.1 Å². The van der Waals surface area contributed by atoms with Crippen molar-refractivity contribution in [1.29, 1.82) is 0 Å². The molecular weight excluding hydrogens is 380 g/mol. The second-order valence-electron chi connectivity index (χ2n) is 7.72. The fourth-order valence-electron chi connectivity index (χ4n) is 4.26. The quantitative estimate of drug-likeness (QED) is 0.641. The molecule has 2 N–H and O–H groups in total. The Morgan fingerprint density at radius 2 is 1.80 bits per heavy atom. The number of rotatable bonds is 6. The Balaban J connectivity index is 1.59. The van der Waals surface area contributed by atoms with E-state index < -0.39 is 0 Å². The molecule has 1 fully saturated rings. The summed E-state index contributed by atoms with van der Waals surface area (Å²) in [6, 6.07) is 15.3. The first kappa shape index (κ1) is 20.1. The molecule has 1 saturated heterocycles. The minimum atomic E-state index is -0.265. The van der Waals surface area contributed by atoms with Crippen LogP contribution in [0.5, 0.6) is 5.75 Å². The van der Waals surface area contributed by atoms with Gasteiger partial charge >= 0.3 is 0 Å². The standard InChI is InChI=1S/C23H26N4O3/c1-26-23(29)19-8-4-3-7-18(19)21(25-26)22(28)24-15-20(27-13-5-6-14-27)16-9-11-17(30-2)12-10-16/h3-4,7-12,20H,5-6,13-15H2,1-2H3,(H,24,28)/p+1/t20-/m0/s1. The van der Waals surface area contributed by atoms with Gasteiger partial charge in [-0.15, -0.1) is 0 Å². The number of nitrogens with zero attached hydrogens (tertiary/aromatic N) is 2. The molecule has 0 radical (unpaired) electrons. The zero-order valence-electron chi connectivity index (χ0n) is 17.4. The zero-order chi connectivity index (χ0) is 21.1. The number of ether oxygens (including phenoxy) is 1. The number of likely N-dealkylation sites (tertiary alicyclic amines) is 1. The van der Waals surface area contributed by atoms with Crippen molar-refractivity contribution in [1.82, 2.24) is 15.1 Å². The molecule has 4 rings (SSSR count). The van der Waals surface area contributed by atoms with E-state index >= 15 is 0 Å². The number of quaternary nitrogens is 1. The van der Waals surface area contributed by atoms with Gasteiger partial charge in [0.25, 0.3) is 11.5 Å². The lowest BCUT2D eigenvalue weighted by molar-refractivity contribution is -0.918. The topological polar surface area (TPSA) is 77.7 Å². The van der Waals surface area contributed by atoms with Crippen molar-refractivity contribution >= 4 is 16.7 Å². The van der Waals surface area contributed by atoms with Gasteiger partial charge in [-0.25, -0.2) is 4.68 Å². The molecule has 1 aliphatic rings. The molecule has 7 heteroatoms. The van der Waals surface area contributed by atoms with E-state index in [-0.39, 0.29) is 23.2 Å². The summed E-state index contributed by atoms with van der Waals surface area (Å²) in [7, 11) is 3.23. The summed E-state index contributed by atoms with van der Waals surface area (Å²) in [6.45, 7) is 2.68. The number of aromatic nitrogens is 2. The number of amides is 1. The van der Waals surface area contributed by atoms with Crippen LogP contribution in [0.3, 0.4) is 0 Å². The van der Waals surface area contributed by atoms with Crippen molar-refractivity contribution in [2.24, 2.45) is 7.05 Å². The Bertz CT molecular complexity index is 1100. The monoisotopic (exact) mass is 407 g/mol. The largest absolute Gasteiger partial charge is 0.497 e. The van der Waals surface area contributed by atoms with E-state index in [2.05, 4.69) is 22.5 Å². The summed E-state index contributed by atoms with van der Waals surface area (Å²) < 4.78 is 6.51. The van der Waals surface area contributed by atoms with E-state index in [0.29, 0.717) is 17.3 Å². The predicted molar refractivity (Wildman–Crippen MR) is 115 cm³/mol. The van der Waals surface area contributed by atoms with Crippen LogP contribution >= 0.6 is 0 Å². The number of fused-ring (bicyclic) bond motifs is 1. The van der Waals surface area contributed by atoms with Crippen LogP contribution in [0.15, 0.2) is 53.3 Å². The molecule has 156 valence electrons. The lowest BCUT2D eigenvalue weighted by Gasteiger charge is -2.25. The maximum atomic E-state index is 13.1. The summed E-state index contributed by atoms with van der Waals surface area (Å²) in [6.07, 6.45) is 2.39. The summed E-state index contributed by atoms with van der Waals surface area (Å²) in [5, 5.41) is 8.39. The third-order valence-corrected chi connectivity index (χ3v) is 5.90. The molecule has 0 unspecified atom stereocenters. The summed E-state index contributed by atoms with van der Waals surface area (Å²) in [5.74, 6) is 0.553. The van der Waals surface area contributed by atoms with Gasteiger partial charge in [-0.1, -0.05) is 18.2 Å². The van der Waals surface area contributed by atoms with Crippen molar-refractivity contribution in [3.05, 3.63) is 70.1 Å². The van der Waals surface area contributed by atoms with Crippen molar-refractivity contribution in [2.45, 2.75) is 18.9 Å². The molecule has 2 heterocycles. The molecule has 0 spiro atoms. The van der Waals surface area contributed by atoms with E-state index in [1.807, 2.05) is 18.2 Å². The third kappa shape index (κ3) is 3.93. The molecule has 1 aliphatic heterocycles. The second kappa shape index (κ2) is 8.67. The van der Waals surface area contributed by atoms with Gasteiger partial charge in [0.15, 0.2) is 5.69 Å². The third-order valence-electron chi connectivity index (χ3n) is 5.90. The van der Waals surface area contributed by atoms with E-state index in [1.165, 1.54) is 28.0 Å². The van der Waals surface area contributed by atoms with Crippen LogP contribution in [0.1, 0.15) is 34.9 Å². The number of aryl methyl sites for hydroxylation is 1. The number of methoxy groups -OCH3 is 1. The molecule has 0 aliphatic carbocycles. The van der Waals surface area contributed by atoms with Gasteiger partial charge in [0.1, 0.15) is 11.8 Å². The van der Waals surface area contributed by atoms with Crippen LogP contribution in [0.4, 0.5) is 0 Å². The number of carbonyl (C=O) groups excluding carboxylic acids is 1. The number of hydrogen-bond donors (Lipinski definition) is 2. The maximum absolute atomic E-state index is 13.1. The molecule has 0 saturated carbocycles. The molecule has 1 aromatic heterocycles. The van der Waals surface area contributed by atoms with E-state index in [4.69, 9.17) is 4.74 Å². The van der Waals surface area contributed by atoms with Gasteiger partial charge < -0.3 is 15.0 Å². The molecule has 30 heavy (non-hydrogen) atoms. The Hall–Kier alpha value is -3.19. The first-order valence-electron chi connectivity index (χ1n) is 10.3. The Morgan fingerprint density at radius 1 is 1.13 bits per heavy atom. The number of carbonyl (C=O) groups is 1. The van der Waals surface area contributed by atoms with Crippen LogP contribution < -0.4 is 20.5 Å². The number of hydrogen-bond acceptors (Lipinski definition) is 4. The average molecular weight is 407 g/mol. The minimum Gasteiger partial charge on any atom is -0.497 e. The van der Waals surface area contributed by atoms with E-state index in [0.717, 1.165) is 18.8 Å². The van der Waals surface area contributed by atoms with Crippen molar-refractivity contribution in [2.75, 3.05) is 26.7 Å². The first-order chi connectivity index (χ1) is 14.6. The lowest BCUT2D eigenvalue weighted by Crippen LogP contribution is -3.11. The Morgan fingerprint density at radius 3 is 2.47 bits per heavy atom. The molecule has 1 amide bonds. The fourth-order valence-corrected chi connectivity index (χ4v) is 4.26. The molecule has 7 nitrogen and oxygen atoms in total. The van der Waals surface area contributed by atoms with Crippen molar-refractivity contribution < 1.29 is 14.4 Å². The normalized spacial score (nSPS) is 15.3. The average Bonchev–Trinajstić information content (AvgIpc) is 3.31. The zero-order valence-corrected chi connectivity index (χ0v) is 17.4. The van der Waals surface area contributed by atoms with Gasteiger partial charge in [-0.2, -0.15) is 5.10 Å². The summed E-state index contributed by atoms with van der Waals surface area (Å²) in [4.78, 5) is 26.9. The van der Waals surface area contributed by atoms with E-state index in [1.54, 1.807) is 32.4 Å². The molecule has 1 atom stereocenters. The molecular formula is C23H27N4O3+. The SMILES string of the molecule is COc1ccc([C@H](CNC(=O)c2nn(C)c(=O)c3ccccc23)[NH+]2CCCC2)cc1. The highest BCUT2D eigenvalue weighted by atomic mass is 16.5. The van der Waals surface area contributed by atoms with Crippen LogP contribution in [0, 0.1) is 0 Å². The van der Waals surface area contributed by atoms with Crippen LogP contribution in [0.25, 0.3) is 10.8 Å². The number of nitrogens with one attached hydrogen (secondary N) is 2. The smallest absolute Gasteiger partial charge is 0.274 e. The predicted octanol–water partition coefficient (Wildman–Crippen LogP) is 1.09. The highest BCUT2D eigenvalue weighted by Gasteiger charge is 2.28. The summed E-state index contributed by atoms with van der Waals surface area (Å²) >= 11 is 0. The molecule has 0 bridgehead atoms. The first-order valence-corrected chi connectivity index (χ1v) is 10.3. The van der Waals surface area contributed by atoms with Crippen LogP contribution in [-0.4, -0.2) is 42.4 Å². The summed E-state index contributed by atoms with van der Waals surface area (Å²) in [5.41, 5.74) is 1.24.